The topological polar surface area (TPSA) is 54.0 Å². The van der Waals surface area contributed by atoms with E-state index in [-0.39, 0.29) is 6.61 Å². The van der Waals surface area contributed by atoms with E-state index >= 15 is 0 Å². The van der Waals surface area contributed by atoms with Crippen LogP contribution in [0.25, 0.3) is 0 Å². The fourth-order valence-corrected chi connectivity index (χ4v) is 0.797. The van der Waals surface area contributed by atoms with Crippen LogP contribution < -0.4 is 0 Å². The Hall–Kier alpha value is -0.0600. The summed E-state index contributed by atoms with van der Waals surface area (Å²) in [5.41, 5.74) is 0. The van der Waals surface area contributed by atoms with E-state index in [1.165, 1.54) is 7.11 Å². The molecule has 0 aromatic carbocycles. The molecule has 0 aromatic rings. The number of methoxy groups -OCH3 is 1. The van der Waals surface area contributed by atoms with Crippen molar-refractivity contribution in [3.63, 3.8) is 0 Å². The molecule has 0 radical (unpaired) electrons. The molecule has 0 saturated carbocycles. The Morgan fingerprint density at radius 3 is 2.33 bits per heavy atom. The molecule has 0 aliphatic heterocycles. The minimum Gasteiger partial charge on any atom is -0.382 e. The van der Waals surface area contributed by atoms with Crippen molar-refractivity contribution in [1.82, 2.24) is 0 Å². The molecule has 0 N–H and O–H groups in total. The van der Waals surface area contributed by atoms with Gasteiger partial charge in [0.25, 0.3) is 0 Å². The Bertz CT molecular complexity index is 119. The van der Waals surface area contributed by atoms with Crippen LogP contribution in [0.1, 0.15) is 0 Å². The summed E-state index contributed by atoms with van der Waals surface area (Å²) in [5, 5.41) is 0. The molecule has 0 aliphatic rings. The van der Waals surface area contributed by atoms with Gasteiger partial charge in [-0.05, 0) is 0 Å². The molecule has 1 atom stereocenters. The predicted molar refractivity (Wildman–Crippen MR) is 43.3 cm³/mol. The molecule has 0 spiro atoms. The van der Waals surface area contributed by atoms with Gasteiger partial charge in [0.1, 0.15) is 6.61 Å². The smallest absolute Gasteiger partial charge is 0.382 e. The summed E-state index contributed by atoms with van der Waals surface area (Å²) in [5.74, 6) is 0. The van der Waals surface area contributed by atoms with Gasteiger partial charge in [0.15, 0.2) is 0 Å². The molecule has 0 fully saturated rings. The first kappa shape index (κ1) is 11.9. The minimum absolute atomic E-state index is 0.271. The average molecular weight is 197 g/mol. The predicted octanol–water partition coefficient (Wildman–Crippen LogP) is 0.970. The molecule has 0 bridgehead atoms. The standard InChI is InChI=1S/C6H14O5P/c1-8-3-4-10-5-6-11-12(7)9-2/h3-6H2,1-2H3/q+1. The Morgan fingerprint density at radius 2 is 1.75 bits per heavy atom. The second kappa shape index (κ2) is 9.03. The average Bonchev–Trinajstić information content (AvgIpc) is 2.10. The number of hydrogen-bond donors (Lipinski definition) is 0. The lowest BCUT2D eigenvalue weighted by atomic mass is 10.7. The monoisotopic (exact) mass is 197 g/mol. The second-order valence-electron chi connectivity index (χ2n) is 1.84. The summed E-state index contributed by atoms with van der Waals surface area (Å²) in [7, 11) is 0.959. The lowest BCUT2D eigenvalue weighted by molar-refractivity contribution is 0.0532. The number of hydrogen-bond acceptors (Lipinski definition) is 5. The summed E-state index contributed by atoms with van der Waals surface area (Å²) in [4.78, 5) is 0. The van der Waals surface area contributed by atoms with Gasteiger partial charge in [0, 0.05) is 11.7 Å². The normalized spacial score (nSPS) is 11.7. The highest BCUT2D eigenvalue weighted by Crippen LogP contribution is 2.20. The van der Waals surface area contributed by atoms with Crippen molar-refractivity contribution in [3.05, 3.63) is 0 Å². The third-order valence-electron chi connectivity index (χ3n) is 1.01. The summed E-state index contributed by atoms with van der Waals surface area (Å²) in [6.45, 7) is 1.74. The summed E-state index contributed by atoms with van der Waals surface area (Å²) < 4.78 is 29.4. The van der Waals surface area contributed by atoms with E-state index in [4.69, 9.17) is 14.0 Å². The van der Waals surface area contributed by atoms with Crippen LogP contribution in [-0.4, -0.2) is 40.6 Å². The van der Waals surface area contributed by atoms with Crippen LogP contribution in [0.15, 0.2) is 0 Å². The van der Waals surface area contributed by atoms with Crippen LogP contribution >= 0.6 is 8.25 Å². The first-order valence-electron chi connectivity index (χ1n) is 3.52. The van der Waals surface area contributed by atoms with Crippen molar-refractivity contribution in [2.24, 2.45) is 0 Å². The van der Waals surface area contributed by atoms with Gasteiger partial charge < -0.3 is 9.47 Å². The third kappa shape index (κ3) is 8.04. The molecular weight excluding hydrogens is 183 g/mol. The first-order chi connectivity index (χ1) is 5.81. The molecule has 1 unspecified atom stereocenters. The SMILES string of the molecule is COCCOCCO[P+](=O)OC. The zero-order chi connectivity index (χ0) is 9.23. The minimum atomic E-state index is -1.96. The van der Waals surface area contributed by atoms with E-state index in [2.05, 4.69) is 4.52 Å². The van der Waals surface area contributed by atoms with E-state index in [0.717, 1.165) is 0 Å². The van der Waals surface area contributed by atoms with Crippen molar-refractivity contribution in [3.8, 4) is 0 Å². The number of rotatable bonds is 8. The van der Waals surface area contributed by atoms with E-state index in [9.17, 15) is 4.57 Å². The van der Waals surface area contributed by atoms with Gasteiger partial charge in [0.2, 0.25) is 0 Å². The zero-order valence-corrected chi connectivity index (χ0v) is 8.21. The van der Waals surface area contributed by atoms with Gasteiger partial charge in [0.05, 0.1) is 26.9 Å². The molecule has 0 amide bonds. The van der Waals surface area contributed by atoms with E-state index in [1.807, 2.05) is 0 Å². The molecule has 0 aliphatic carbocycles. The van der Waals surface area contributed by atoms with Crippen LogP contribution in [0.3, 0.4) is 0 Å². The van der Waals surface area contributed by atoms with Crippen LogP contribution in [0.2, 0.25) is 0 Å². The molecule has 0 rings (SSSR count). The third-order valence-corrected chi connectivity index (χ3v) is 1.70. The van der Waals surface area contributed by atoms with Crippen LogP contribution in [-0.2, 0) is 23.1 Å². The van der Waals surface area contributed by atoms with Crippen molar-refractivity contribution >= 4 is 8.25 Å². The molecule has 0 heterocycles. The zero-order valence-electron chi connectivity index (χ0n) is 7.32. The van der Waals surface area contributed by atoms with E-state index in [1.54, 1.807) is 7.11 Å². The van der Waals surface area contributed by atoms with Crippen molar-refractivity contribution < 1.29 is 23.1 Å². The van der Waals surface area contributed by atoms with Crippen LogP contribution in [0, 0.1) is 0 Å². The van der Waals surface area contributed by atoms with Crippen molar-refractivity contribution in [2.45, 2.75) is 0 Å². The molecular formula is C6H14O5P+. The van der Waals surface area contributed by atoms with Crippen molar-refractivity contribution in [1.29, 1.82) is 0 Å². The fraction of sp³-hybridized carbons (Fsp3) is 1.00. The summed E-state index contributed by atoms with van der Waals surface area (Å²) in [6.07, 6.45) is 0. The molecule has 0 aromatic heterocycles. The number of ether oxygens (including phenoxy) is 2. The summed E-state index contributed by atoms with van der Waals surface area (Å²) >= 11 is 0. The van der Waals surface area contributed by atoms with Gasteiger partial charge in [-0.1, -0.05) is 0 Å². The Kier molecular flexibility index (Phi) is 8.99. The summed E-state index contributed by atoms with van der Waals surface area (Å²) in [6, 6.07) is 0. The lowest BCUT2D eigenvalue weighted by Crippen LogP contribution is -2.06. The largest absolute Gasteiger partial charge is 0.697 e. The van der Waals surface area contributed by atoms with Gasteiger partial charge >= 0.3 is 8.25 Å². The lowest BCUT2D eigenvalue weighted by Gasteiger charge is -1.98. The maximum absolute atomic E-state index is 10.5. The fourth-order valence-electron chi connectivity index (χ4n) is 0.468. The maximum Gasteiger partial charge on any atom is 0.697 e. The quantitative estimate of drug-likeness (QED) is 0.428. The molecule has 12 heavy (non-hydrogen) atoms. The van der Waals surface area contributed by atoms with Gasteiger partial charge in [-0.3, -0.25) is 0 Å². The molecule has 0 saturated heterocycles. The molecule has 72 valence electrons. The first-order valence-corrected chi connectivity index (χ1v) is 4.61. The molecule has 5 nitrogen and oxygen atoms in total. The van der Waals surface area contributed by atoms with E-state index in [0.29, 0.717) is 19.8 Å². The molecule has 6 heteroatoms. The Morgan fingerprint density at radius 1 is 1.08 bits per heavy atom. The highest BCUT2D eigenvalue weighted by atomic mass is 31.1. The Labute approximate surface area is 72.9 Å². The maximum atomic E-state index is 10.5. The van der Waals surface area contributed by atoms with Crippen molar-refractivity contribution in [2.75, 3.05) is 40.6 Å². The van der Waals surface area contributed by atoms with Gasteiger partial charge in [-0.25, -0.2) is 0 Å². The van der Waals surface area contributed by atoms with Crippen LogP contribution in [0.4, 0.5) is 0 Å². The van der Waals surface area contributed by atoms with Crippen LogP contribution in [0.5, 0.6) is 0 Å². The van der Waals surface area contributed by atoms with E-state index < -0.39 is 8.25 Å². The van der Waals surface area contributed by atoms with Gasteiger partial charge in [-0.2, -0.15) is 0 Å². The highest BCUT2D eigenvalue weighted by molar-refractivity contribution is 7.33. The van der Waals surface area contributed by atoms with Gasteiger partial charge in [-0.15, -0.1) is 9.05 Å². The second-order valence-corrected chi connectivity index (χ2v) is 2.92. The Balaban J connectivity index is 2.95. The highest BCUT2D eigenvalue weighted by Gasteiger charge is 2.15.